The van der Waals surface area contributed by atoms with Crippen molar-refractivity contribution in [2.45, 2.75) is 6.54 Å². The van der Waals surface area contributed by atoms with E-state index in [0.717, 1.165) is 5.69 Å². The smallest absolute Gasteiger partial charge is 0.149 e. The lowest BCUT2D eigenvalue weighted by Gasteiger charge is -2.05. The fraction of sp³-hybridized carbons (Fsp3) is 0.0909. The van der Waals surface area contributed by atoms with Crippen molar-refractivity contribution in [3.05, 3.63) is 47.4 Å². The maximum Gasteiger partial charge on any atom is 0.149 e. The molecule has 0 bridgehead atoms. The number of halogens is 1. The Bertz CT molecular complexity index is 470. The molecule has 0 saturated carbocycles. The van der Waals surface area contributed by atoms with Crippen LogP contribution < -0.4 is 11.1 Å². The van der Waals surface area contributed by atoms with Gasteiger partial charge in [0.2, 0.25) is 0 Å². The van der Waals surface area contributed by atoms with Gasteiger partial charge in [0.05, 0.1) is 6.54 Å². The summed E-state index contributed by atoms with van der Waals surface area (Å²) < 4.78 is 0. The van der Waals surface area contributed by atoms with E-state index in [1.54, 1.807) is 12.3 Å². The molecule has 16 heavy (non-hydrogen) atoms. The Kier molecular flexibility index (Phi) is 3.22. The molecule has 0 aliphatic carbocycles. The normalized spacial score (nSPS) is 10.1. The average Bonchev–Trinajstić information content (AvgIpc) is 2.28. The Balaban J connectivity index is 1.99. The zero-order valence-corrected chi connectivity index (χ0v) is 9.28. The number of hydrogen-bond donors (Lipinski definition) is 2. The van der Waals surface area contributed by atoms with E-state index >= 15 is 0 Å². The lowest BCUT2D eigenvalue weighted by molar-refractivity contribution is 0.954. The number of aromatic nitrogens is 2. The largest absolute Gasteiger partial charge is 0.384 e. The first-order chi connectivity index (χ1) is 7.74. The van der Waals surface area contributed by atoms with Crippen molar-refractivity contribution in [2.75, 3.05) is 11.1 Å². The third-order valence-electron chi connectivity index (χ3n) is 2.02. The van der Waals surface area contributed by atoms with E-state index in [-0.39, 0.29) is 0 Å². The van der Waals surface area contributed by atoms with Gasteiger partial charge in [-0.05, 0) is 30.3 Å². The molecule has 0 atom stereocenters. The Hall–Kier alpha value is -1.81. The van der Waals surface area contributed by atoms with E-state index in [1.807, 2.05) is 24.3 Å². The summed E-state index contributed by atoms with van der Waals surface area (Å²) in [5.74, 6) is 1.14. The zero-order valence-electron chi connectivity index (χ0n) is 8.52. The maximum atomic E-state index is 5.78. The second kappa shape index (κ2) is 4.81. The highest BCUT2D eigenvalue weighted by molar-refractivity contribution is 6.30. The summed E-state index contributed by atoms with van der Waals surface area (Å²) in [6.07, 6.45) is 1.64. The average molecular weight is 235 g/mol. The first kappa shape index (κ1) is 10.7. The van der Waals surface area contributed by atoms with Crippen LogP contribution in [0.3, 0.4) is 0 Å². The molecule has 82 valence electrons. The SMILES string of the molecule is Nc1ccnc(CNc2ccc(Cl)cc2)n1. The number of benzene rings is 1. The second-order valence-electron chi connectivity index (χ2n) is 3.26. The van der Waals surface area contributed by atoms with Gasteiger partial charge in [0.1, 0.15) is 11.6 Å². The molecule has 0 fully saturated rings. The van der Waals surface area contributed by atoms with E-state index in [9.17, 15) is 0 Å². The summed E-state index contributed by atoms with van der Waals surface area (Å²) in [6.45, 7) is 0.534. The van der Waals surface area contributed by atoms with Gasteiger partial charge in [-0.15, -0.1) is 0 Å². The predicted molar refractivity (Wildman–Crippen MR) is 65.2 cm³/mol. The molecule has 0 spiro atoms. The fourth-order valence-electron chi connectivity index (χ4n) is 1.25. The van der Waals surface area contributed by atoms with Crippen molar-refractivity contribution < 1.29 is 0 Å². The van der Waals surface area contributed by atoms with Crippen LogP contribution in [0, 0.1) is 0 Å². The lowest BCUT2D eigenvalue weighted by atomic mass is 10.3. The number of rotatable bonds is 3. The summed E-state index contributed by atoms with van der Waals surface area (Å²) in [5.41, 5.74) is 6.52. The van der Waals surface area contributed by atoms with Crippen LogP contribution in [0.5, 0.6) is 0 Å². The number of hydrogen-bond acceptors (Lipinski definition) is 4. The molecular formula is C11H11ClN4. The Labute approximate surface area is 98.5 Å². The number of nitrogens with two attached hydrogens (primary N) is 1. The molecule has 0 aliphatic rings. The maximum absolute atomic E-state index is 5.78. The Morgan fingerprint density at radius 1 is 1.19 bits per heavy atom. The van der Waals surface area contributed by atoms with Crippen molar-refractivity contribution in [1.82, 2.24) is 9.97 Å². The molecule has 3 N–H and O–H groups in total. The van der Waals surface area contributed by atoms with Gasteiger partial charge < -0.3 is 11.1 Å². The van der Waals surface area contributed by atoms with E-state index in [4.69, 9.17) is 17.3 Å². The fourth-order valence-corrected chi connectivity index (χ4v) is 1.37. The summed E-state index contributed by atoms with van der Waals surface area (Å²) >= 11 is 5.78. The minimum absolute atomic E-state index is 0.475. The highest BCUT2D eigenvalue weighted by Crippen LogP contribution is 2.13. The van der Waals surface area contributed by atoms with Crippen molar-refractivity contribution in [3.63, 3.8) is 0 Å². The molecule has 1 heterocycles. The van der Waals surface area contributed by atoms with E-state index in [1.165, 1.54) is 0 Å². The van der Waals surface area contributed by atoms with E-state index in [2.05, 4.69) is 15.3 Å². The van der Waals surface area contributed by atoms with E-state index in [0.29, 0.717) is 23.2 Å². The number of nitrogens with one attached hydrogen (secondary N) is 1. The molecule has 2 rings (SSSR count). The summed E-state index contributed by atoms with van der Waals surface area (Å²) in [6, 6.07) is 9.10. The molecule has 2 aromatic rings. The first-order valence-electron chi connectivity index (χ1n) is 4.81. The molecule has 1 aromatic heterocycles. The van der Waals surface area contributed by atoms with Crippen LogP contribution in [0.25, 0.3) is 0 Å². The van der Waals surface area contributed by atoms with Gasteiger partial charge in [0.15, 0.2) is 0 Å². The standard InChI is InChI=1S/C11H11ClN4/c12-8-1-3-9(4-2-8)15-7-11-14-6-5-10(13)16-11/h1-6,15H,7H2,(H2,13,14,16). The van der Waals surface area contributed by atoms with Crippen LogP contribution in [0.1, 0.15) is 5.82 Å². The molecule has 0 amide bonds. The molecule has 0 aliphatic heterocycles. The van der Waals surface area contributed by atoms with Gasteiger partial charge >= 0.3 is 0 Å². The highest BCUT2D eigenvalue weighted by Gasteiger charge is 1.97. The van der Waals surface area contributed by atoms with Crippen molar-refractivity contribution in [3.8, 4) is 0 Å². The summed E-state index contributed by atoms with van der Waals surface area (Å²) in [7, 11) is 0. The lowest BCUT2D eigenvalue weighted by Crippen LogP contribution is -2.05. The number of nitrogens with zero attached hydrogens (tertiary/aromatic N) is 2. The molecule has 4 nitrogen and oxygen atoms in total. The van der Waals surface area contributed by atoms with Crippen LogP contribution in [-0.4, -0.2) is 9.97 Å². The molecular weight excluding hydrogens is 224 g/mol. The van der Waals surface area contributed by atoms with Crippen molar-refractivity contribution >= 4 is 23.1 Å². The summed E-state index contributed by atoms with van der Waals surface area (Å²) in [4.78, 5) is 8.18. The van der Waals surface area contributed by atoms with Gasteiger partial charge in [-0.1, -0.05) is 11.6 Å². The Morgan fingerprint density at radius 3 is 2.62 bits per heavy atom. The minimum Gasteiger partial charge on any atom is -0.384 e. The monoisotopic (exact) mass is 234 g/mol. The minimum atomic E-state index is 0.475. The van der Waals surface area contributed by atoms with Crippen molar-refractivity contribution in [2.24, 2.45) is 0 Å². The van der Waals surface area contributed by atoms with Crippen molar-refractivity contribution in [1.29, 1.82) is 0 Å². The zero-order chi connectivity index (χ0) is 11.4. The second-order valence-corrected chi connectivity index (χ2v) is 3.69. The summed E-state index contributed by atoms with van der Waals surface area (Å²) in [5, 5.41) is 3.89. The van der Waals surface area contributed by atoms with Gasteiger partial charge in [0.25, 0.3) is 0 Å². The number of anilines is 2. The van der Waals surface area contributed by atoms with Gasteiger partial charge in [0, 0.05) is 16.9 Å². The number of nitrogen functional groups attached to an aromatic ring is 1. The first-order valence-corrected chi connectivity index (χ1v) is 5.19. The van der Waals surface area contributed by atoms with Gasteiger partial charge in [-0.25, -0.2) is 9.97 Å². The van der Waals surface area contributed by atoms with E-state index < -0.39 is 0 Å². The third-order valence-corrected chi connectivity index (χ3v) is 2.27. The highest BCUT2D eigenvalue weighted by atomic mass is 35.5. The quantitative estimate of drug-likeness (QED) is 0.856. The predicted octanol–water partition coefficient (Wildman–Crippen LogP) is 2.32. The van der Waals surface area contributed by atoms with Gasteiger partial charge in [-0.2, -0.15) is 0 Å². The molecule has 1 aromatic carbocycles. The molecule has 0 saturated heterocycles. The van der Waals surface area contributed by atoms with Crippen LogP contribution in [0.15, 0.2) is 36.5 Å². The van der Waals surface area contributed by atoms with Gasteiger partial charge in [-0.3, -0.25) is 0 Å². The molecule has 5 heteroatoms. The van der Waals surface area contributed by atoms with Crippen LogP contribution >= 0.6 is 11.6 Å². The third kappa shape index (κ3) is 2.84. The molecule has 0 unspecified atom stereocenters. The van der Waals surface area contributed by atoms with Crippen LogP contribution in [0.2, 0.25) is 5.02 Å². The topological polar surface area (TPSA) is 63.8 Å². The Morgan fingerprint density at radius 2 is 1.94 bits per heavy atom. The van der Waals surface area contributed by atoms with Crippen LogP contribution in [-0.2, 0) is 6.54 Å². The van der Waals surface area contributed by atoms with Crippen LogP contribution in [0.4, 0.5) is 11.5 Å². The molecule has 0 radical (unpaired) electrons.